The highest BCUT2D eigenvalue weighted by Gasteiger charge is 2.24. The quantitative estimate of drug-likeness (QED) is 0.503. The van der Waals surface area contributed by atoms with Crippen LogP contribution >= 0.6 is 0 Å². The molecule has 0 N–H and O–H groups in total. The van der Waals surface area contributed by atoms with Crippen LogP contribution in [0.5, 0.6) is 11.5 Å². The number of epoxide rings is 2. The van der Waals surface area contributed by atoms with Crippen molar-refractivity contribution in [1.82, 2.24) is 9.78 Å². The van der Waals surface area contributed by atoms with E-state index in [-0.39, 0.29) is 12.2 Å². The minimum Gasteiger partial charge on any atom is -0.491 e. The van der Waals surface area contributed by atoms with E-state index in [1.54, 1.807) is 0 Å². The number of rotatable bonds is 9. The van der Waals surface area contributed by atoms with Gasteiger partial charge >= 0.3 is 0 Å². The standard InChI is InChI=1S/C24H26N2O4/c1-3-23-16(2)26(18-6-10-20(11-7-18)28-13-22-15-30-22)25-24(23)17-4-8-19(9-5-17)27-12-21-14-29-21/h4-11,21-22H,3,12-15H2,1-2H3. The van der Waals surface area contributed by atoms with Gasteiger partial charge < -0.3 is 18.9 Å². The Bertz CT molecular complexity index is 1000. The summed E-state index contributed by atoms with van der Waals surface area (Å²) in [6.07, 6.45) is 1.43. The van der Waals surface area contributed by atoms with Crippen LogP contribution in [0.1, 0.15) is 18.2 Å². The molecular formula is C24H26N2O4. The van der Waals surface area contributed by atoms with E-state index in [0.29, 0.717) is 13.2 Å². The molecule has 2 atom stereocenters. The molecule has 0 amide bonds. The fourth-order valence-corrected chi connectivity index (χ4v) is 3.54. The second-order valence-corrected chi connectivity index (χ2v) is 7.73. The fraction of sp³-hybridized carbons (Fsp3) is 0.375. The van der Waals surface area contributed by atoms with Gasteiger partial charge in [0.2, 0.25) is 0 Å². The normalized spacial score (nSPS) is 19.5. The Hall–Kier alpha value is -2.83. The number of benzene rings is 2. The molecule has 3 heterocycles. The predicted octanol–water partition coefficient (Wildman–Crippen LogP) is 3.97. The van der Waals surface area contributed by atoms with Crippen molar-refractivity contribution in [2.24, 2.45) is 0 Å². The first-order chi connectivity index (χ1) is 14.7. The van der Waals surface area contributed by atoms with E-state index in [2.05, 4.69) is 26.0 Å². The molecule has 2 aliphatic rings. The number of aromatic nitrogens is 2. The van der Waals surface area contributed by atoms with Gasteiger partial charge in [0.15, 0.2) is 0 Å². The first-order valence-corrected chi connectivity index (χ1v) is 10.5. The zero-order valence-electron chi connectivity index (χ0n) is 17.3. The number of hydrogen-bond acceptors (Lipinski definition) is 5. The number of hydrogen-bond donors (Lipinski definition) is 0. The van der Waals surface area contributed by atoms with Crippen LogP contribution < -0.4 is 9.47 Å². The molecule has 5 rings (SSSR count). The van der Waals surface area contributed by atoms with Gasteiger partial charge in [-0.1, -0.05) is 6.92 Å². The molecule has 0 bridgehead atoms. The monoisotopic (exact) mass is 406 g/mol. The lowest BCUT2D eigenvalue weighted by molar-refractivity contribution is 0.263. The lowest BCUT2D eigenvalue weighted by Gasteiger charge is -2.07. The van der Waals surface area contributed by atoms with Crippen molar-refractivity contribution in [1.29, 1.82) is 0 Å². The summed E-state index contributed by atoms with van der Waals surface area (Å²) >= 11 is 0. The third-order valence-electron chi connectivity index (χ3n) is 5.48. The number of nitrogens with zero attached hydrogens (tertiary/aromatic N) is 2. The second-order valence-electron chi connectivity index (χ2n) is 7.73. The highest BCUT2D eigenvalue weighted by molar-refractivity contribution is 5.65. The van der Waals surface area contributed by atoms with Gasteiger partial charge in [-0.05, 0) is 61.9 Å². The molecule has 6 nitrogen and oxygen atoms in total. The minimum absolute atomic E-state index is 0.256. The maximum atomic E-state index is 5.75. The van der Waals surface area contributed by atoms with E-state index < -0.39 is 0 Å². The van der Waals surface area contributed by atoms with Crippen LogP contribution in [-0.2, 0) is 15.9 Å². The van der Waals surface area contributed by atoms with Gasteiger partial charge in [-0.3, -0.25) is 0 Å². The molecular weight excluding hydrogens is 380 g/mol. The first kappa shape index (κ1) is 19.2. The van der Waals surface area contributed by atoms with Crippen LogP contribution in [-0.4, -0.2) is 48.4 Å². The van der Waals surface area contributed by atoms with Crippen LogP contribution in [0.15, 0.2) is 48.5 Å². The maximum absolute atomic E-state index is 5.75. The van der Waals surface area contributed by atoms with Crippen molar-refractivity contribution in [3.63, 3.8) is 0 Å². The Balaban J connectivity index is 1.36. The van der Waals surface area contributed by atoms with Crippen molar-refractivity contribution in [3.8, 4) is 28.4 Å². The van der Waals surface area contributed by atoms with E-state index >= 15 is 0 Å². The average Bonchev–Trinajstić information content (AvgIpc) is 3.70. The summed E-state index contributed by atoms with van der Waals surface area (Å²) < 4.78 is 23.9. The molecule has 2 fully saturated rings. The van der Waals surface area contributed by atoms with Gasteiger partial charge in [0.1, 0.15) is 36.9 Å². The summed E-state index contributed by atoms with van der Waals surface area (Å²) in [7, 11) is 0. The average molecular weight is 406 g/mol. The van der Waals surface area contributed by atoms with Gasteiger partial charge in [-0.25, -0.2) is 4.68 Å². The molecule has 156 valence electrons. The van der Waals surface area contributed by atoms with Crippen molar-refractivity contribution in [2.45, 2.75) is 32.5 Å². The van der Waals surface area contributed by atoms with Crippen LogP contribution in [0.2, 0.25) is 0 Å². The molecule has 0 saturated carbocycles. The molecule has 0 aliphatic carbocycles. The molecule has 2 aliphatic heterocycles. The molecule has 6 heteroatoms. The molecule has 0 spiro atoms. The highest BCUT2D eigenvalue weighted by atomic mass is 16.6. The Morgan fingerprint density at radius 3 is 1.93 bits per heavy atom. The van der Waals surface area contributed by atoms with E-state index in [1.165, 1.54) is 5.56 Å². The Labute approximate surface area is 176 Å². The van der Waals surface area contributed by atoms with Gasteiger partial charge in [-0.2, -0.15) is 5.10 Å². The van der Waals surface area contributed by atoms with E-state index in [1.807, 2.05) is 41.1 Å². The third-order valence-corrected chi connectivity index (χ3v) is 5.48. The summed E-state index contributed by atoms with van der Waals surface area (Å²) in [6.45, 7) is 7.11. The molecule has 0 radical (unpaired) electrons. The van der Waals surface area contributed by atoms with Crippen LogP contribution in [0.25, 0.3) is 16.9 Å². The van der Waals surface area contributed by atoms with Crippen LogP contribution in [0, 0.1) is 6.92 Å². The summed E-state index contributed by atoms with van der Waals surface area (Å²) in [5.41, 5.74) is 5.53. The van der Waals surface area contributed by atoms with Gasteiger partial charge in [0.05, 0.1) is 24.6 Å². The lowest BCUT2D eigenvalue weighted by Crippen LogP contribution is -2.04. The Morgan fingerprint density at radius 1 is 0.900 bits per heavy atom. The van der Waals surface area contributed by atoms with Crippen molar-refractivity contribution >= 4 is 0 Å². The lowest BCUT2D eigenvalue weighted by atomic mass is 10.0. The maximum Gasteiger partial charge on any atom is 0.119 e. The topological polar surface area (TPSA) is 61.3 Å². The summed E-state index contributed by atoms with van der Waals surface area (Å²) in [6, 6.07) is 16.2. The number of ether oxygens (including phenoxy) is 4. The summed E-state index contributed by atoms with van der Waals surface area (Å²) in [5.74, 6) is 1.71. The third kappa shape index (κ3) is 4.20. The molecule has 3 aromatic rings. The SMILES string of the molecule is CCc1c(-c2ccc(OCC3CO3)cc2)nn(-c2ccc(OCC3CO3)cc2)c1C. The summed E-state index contributed by atoms with van der Waals surface area (Å²) in [4.78, 5) is 0. The van der Waals surface area contributed by atoms with Crippen LogP contribution in [0.4, 0.5) is 0 Å². The van der Waals surface area contributed by atoms with Crippen molar-refractivity contribution in [3.05, 3.63) is 59.8 Å². The first-order valence-electron chi connectivity index (χ1n) is 10.5. The molecule has 30 heavy (non-hydrogen) atoms. The minimum atomic E-state index is 0.256. The van der Waals surface area contributed by atoms with Gasteiger partial charge in [0, 0.05) is 16.8 Å². The molecule has 2 unspecified atom stereocenters. The zero-order chi connectivity index (χ0) is 20.5. The largest absolute Gasteiger partial charge is 0.491 e. The predicted molar refractivity (Wildman–Crippen MR) is 114 cm³/mol. The smallest absolute Gasteiger partial charge is 0.119 e. The Kier molecular flexibility index (Phi) is 5.19. The Morgan fingerprint density at radius 2 is 1.43 bits per heavy atom. The van der Waals surface area contributed by atoms with Gasteiger partial charge in [-0.15, -0.1) is 0 Å². The molecule has 1 aromatic heterocycles. The zero-order valence-corrected chi connectivity index (χ0v) is 17.3. The van der Waals surface area contributed by atoms with E-state index in [4.69, 9.17) is 24.0 Å². The van der Waals surface area contributed by atoms with Crippen molar-refractivity contribution < 1.29 is 18.9 Å². The summed E-state index contributed by atoms with van der Waals surface area (Å²) in [5, 5.41) is 4.94. The van der Waals surface area contributed by atoms with Crippen molar-refractivity contribution in [2.75, 3.05) is 26.4 Å². The fourth-order valence-electron chi connectivity index (χ4n) is 3.54. The van der Waals surface area contributed by atoms with Gasteiger partial charge in [0.25, 0.3) is 0 Å². The van der Waals surface area contributed by atoms with Crippen LogP contribution in [0.3, 0.4) is 0 Å². The molecule has 2 aromatic carbocycles. The van der Waals surface area contributed by atoms with E-state index in [9.17, 15) is 0 Å². The highest BCUT2D eigenvalue weighted by Crippen LogP contribution is 2.30. The molecule has 2 saturated heterocycles. The van der Waals surface area contributed by atoms with E-state index in [0.717, 1.165) is 53.8 Å². The second kappa shape index (κ2) is 8.13.